The summed E-state index contributed by atoms with van der Waals surface area (Å²) in [5.41, 5.74) is 6.44. The van der Waals surface area contributed by atoms with Crippen LogP contribution in [0.2, 0.25) is 0 Å². The first-order valence-corrected chi connectivity index (χ1v) is 7.57. The van der Waals surface area contributed by atoms with Crippen molar-refractivity contribution in [1.29, 1.82) is 0 Å². The topological polar surface area (TPSA) is 58.8 Å². The first kappa shape index (κ1) is 15.8. The lowest BCUT2D eigenvalue weighted by Crippen LogP contribution is -2.53. The largest absolute Gasteiger partial charge is 0.496 e. The van der Waals surface area contributed by atoms with Gasteiger partial charge in [0.1, 0.15) is 5.75 Å². The molecule has 1 aliphatic rings. The molecule has 1 aliphatic heterocycles. The van der Waals surface area contributed by atoms with Gasteiger partial charge in [-0.25, -0.2) is 0 Å². The minimum atomic E-state index is 0.0490. The number of methoxy groups -OCH3 is 1. The second kappa shape index (κ2) is 7.43. The molecule has 21 heavy (non-hydrogen) atoms. The van der Waals surface area contributed by atoms with Crippen molar-refractivity contribution < 1.29 is 9.53 Å². The molecule has 0 aliphatic carbocycles. The van der Waals surface area contributed by atoms with Crippen LogP contribution in [0.3, 0.4) is 0 Å². The molecule has 1 aromatic rings. The summed E-state index contributed by atoms with van der Waals surface area (Å²) >= 11 is 0. The van der Waals surface area contributed by atoms with E-state index in [1.807, 2.05) is 29.2 Å². The van der Waals surface area contributed by atoms with Gasteiger partial charge in [0.25, 0.3) is 5.91 Å². The molecule has 5 heteroatoms. The maximum atomic E-state index is 12.6. The molecule has 0 radical (unpaired) electrons. The Morgan fingerprint density at radius 2 is 1.95 bits per heavy atom. The van der Waals surface area contributed by atoms with Gasteiger partial charge in [-0.1, -0.05) is 19.1 Å². The number of carbonyl (C=O) groups is 1. The van der Waals surface area contributed by atoms with E-state index < -0.39 is 0 Å². The van der Waals surface area contributed by atoms with E-state index in [-0.39, 0.29) is 5.91 Å². The monoisotopic (exact) mass is 291 g/mol. The first-order valence-electron chi connectivity index (χ1n) is 7.57. The molecule has 1 heterocycles. The first-order chi connectivity index (χ1) is 10.2. The molecule has 1 aromatic carbocycles. The second-order valence-corrected chi connectivity index (χ2v) is 5.33. The quantitative estimate of drug-likeness (QED) is 0.885. The van der Waals surface area contributed by atoms with Crippen LogP contribution in [0.4, 0.5) is 0 Å². The van der Waals surface area contributed by atoms with Gasteiger partial charge in [0.05, 0.1) is 12.7 Å². The number of rotatable bonds is 5. The highest BCUT2D eigenvalue weighted by molar-refractivity contribution is 5.97. The van der Waals surface area contributed by atoms with Gasteiger partial charge in [-0.05, 0) is 18.6 Å². The molecule has 1 unspecified atom stereocenters. The van der Waals surface area contributed by atoms with Crippen LogP contribution in [0.15, 0.2) is 24.3 Å². The zero-order valence-electron chi connectivity index (χ0n) is 12.9. The molecule has 0 aromatic heterocycles. The molecule has 0 saturated carbocycles. The number of para-hydroxylation sites is 1. The van der Waals surface area contributed by atoms with Crippen molar-refractivity contribution in [2.45, 2.75) is 19.4 Å². The number of benzene rings is 1. The van der Waals surface area contributed by atoms with Crippen LogP contribution < -0.4 is 10.5 Å². The number of amides is 1. The molecule has 2 rings (SSSR count). The Morgan fingerprint density at radius 3 is 2.52 bits per heavy atom. The Bertz CT molecular complexity index is 466. The van der Waals surface area contributed by atoms with Gasteiger partial charge in [0.2, 0.25) is 0 Å². The van der Waals surface area contributed by atoms with E-state index in [0.29, 0.717) is 23.9 Å². The summed E-state index contributed by atoms with van der Waals surface area (Å²) < 4.78 is 5.28. The molecular weight excluding hydrogens is 266 g/mol. The van der Waals surface area contributed by atoms with Crippen molar-refractivity contribution in [3.05, 3.63) is 29.8 Å². The van der Waals surface area contributed by atoms with Crippen LogP contribution in [-0.4, -0.2) is 61.6 Å². The van der Waals surface area contributed by atoms with Gasteiger partial charge >= 0.3 is 0 Å². The van der Waals surface area contributed by atoms with Crippen LogP contribution in [0, 0.1) is 0 Å². The van der Waals surface area contributed by atoms with E-state index >= 15 is 0 Å². The van der Waals surface area contributed by atoms with Gasteiger partial charge in [0, 0.05) is 38.8 Å². The number of ether oxygens (including phenoxy) is 1. The Kier molecular flexibility index (Phi) is 5.59. The Labute approximate surface area is 126 Å². The minimum Gasteiger partial charge on any atom is -0.496 e. The Balaban J connectivity index is 2.00. The second-order valence-electron chi connectivity index (χ2n) is 5.33. The summed E-state index contributed by atoms with van der Waals surface area (Å²) in [5, 5.41) is 0. The molecule has 2 N–H and O–H groups in total. The highest BCUT2D eigenvalue weighted by Crippen LogP contribution is 2.20. The van der Waals surface area contributed by atoms with Crippen molar-refractivity contribution in [3.63, 3.8) is 0 Å². The third kappa shape index (κ3) is 3.54. The maximum Gasteiger partial charge on any atom is 0.257 e. The number of nitrogens with two attached hydrogens (primary N) is 1. The SMILES string of the molecule is CCC(CN)N1CCN(C(=O)c2ccccc2OC)CC1. The van der Waals surface area contributed by atoms with E-state index in [9.17, 15) is 4.79 Å². The van der Waals surface area contributed by atoms with E-state index in [1.54, 1.807) is 7.11 Å². The van der Waals surface area contributed by atoms with E-state index in [2.05, 4.69) is 11.8 Å². The van der Waals surface area contributed by atoms with Crippen molar-refractivity contribution in [3.8, 4) is 5.75 Å². The minimum absolute atomic E-state index is 0.0490. The molecule has 1 fully saturated rings. The van der Waals surface area contributed by atoms with Gasteiger partial charge in [0.15, 0.2) is 0 Å². The molecule has 1 amide bonds. The Morgan fingerprint density at radius 1 is 1.29 bits per heavy atom. The lowest BCUT2D eigenvalue weighted by Gasteiger charge is -2.38. The Hall–Kier alpha value is -1.59. The highest BCUT2D eigenvalue weighted by Gasteiger charge is 2.26. The molecule has 0 spiro atoms. The zero-order chi connectivity index (χ0) is 15.2. The fraction of sp³-hybridized carbons (Fsp3) is 0.562. The number of carbonyl (C=O) groups excluding carboxylic acids is 1. The van der Waals surface area contributed by atoms with Crippen LogP contribution in [0.25, 0.3) is 0 Å². The third-order valence-corrected chi connectivity index (χ3v) is 4.20. The summed E-state index contributed by atoms with van der Waals surface area (Å²) in [6, 6.07) is 7.81. The standard InChI is InChI=1S/C16H25N3O2/c1-3-13(12-17)18-8-10-19(11-9-18)16(20)14-6-4-5-7-15(14)21-2/h4-7,13H,3,8-12,17H2,1-2H3. The predicted octanol–water partition coefficient (Wildman–Crippen LogP) is 1.19. The molecule has 1 saturated heterocycles. The maximum absolute atomic E-state index is 12.6. The molecule has 0 bridgehead atoms. The van der Waals surface area contributed by atoms with Crippen LogP contribution >= 0.6 is 0 Å². The van der Waals surface area contributed by atoms with Crippen LogP contribution in [0.1, 0.15) is 23.7 Å². The lowest BCUT2D eigenvalue weighted by molar-refractivity contribution is 0.0568. The van der Waals surface area contributed by atoms with Gasteiger partial charge < -0.3 is 15.4 Å². The van der Waals surface area contributed by atoms with Gasteiger partial charge in [-0.2, -0.15) is 0 Å². The van der Waals surface area contributed by atoms with E-state index in [1.165, 1.54) is 0 Å². The van der Waals surface area contributed by atoms with Crippen LogP contribution in [-0.2, 0) is 0 Å². The smallest absolute Gasteiger partial charge is 0.257 e. The average Bonchev–Trinajstić information content (AvgIpc) is 2.56. The molecular formula is C16H25N3O2. The summed E-state index contributed by atoms with van der Waals surface area (Å²) in [4.78, 5) is 16.9. The highest BCUT2D eigenvalue weighted by atomic mass is 16.5. The summed E-state index contributed by atoms with van der Waals surface area (Å²) in [5.74, 6) is 0.686. The number of nitrogens with zero attached hydrogens (tertiary/aromatic N) is 2. The van der Waals surface area contributed by atoms with Crippen LogP contribution in [0.5, 0.6) is 5.75 Å². The predicted molar refractivity (Wildman–Crippen MR) is 83.6 cm³/mol. The van der Waals surface area contributed by atoms with Crippen molar-refractivity contribution >= 4 is 5.91 Å². The third-order valence-electron chi connectivity index (χ3n) is 4.20. The number of hydrogen-bond acceptors (Lipinski definition) is 4. The fourth-order valence-corrected chi connectivity index (χ4v) is 2.86. The summed E-state index contributed by atoms with van der Waals surface area (Å²) in [6.45, 7) is 6.09. The average molecular weight is 291 g/mol. The number of piperazine rings is 1. The van der Waals surface area contributed by atoms with Gasteiger partial charge in [-0.3, -0.25) is 9.69 Å². The van der Waals surface area contributed by atoms with Gasteiger partial charge in [-0.15, -0.1) is 0 Å². The zero-order valence-corrected chi connectivity index (χ0v) is 12.9. The van der Waals surface area contributed by atoms with E-state index in [0.717, 1.165) is 32.6 Å². The van der Waals surface area contributed by atoms with Crippen molar-refractivity contribution in [2.24, 2.45) is 5.73 Å². The fourth-order valence-electron chi connectivity index (χ4n) is 2.86. The van der Waals surface area contributed by atoms with Crippen molar-refractivity contribution in [1.82, 2.24) is 9.80 Å². The molecule has 5 nitrogen and oxygen atoms in total. The molecule has 116 valence electrons. The van der Waals surface area contributed by atoms with E-state index in [4.69, 9.17) is 10.5 Å². The number of hydrogen-bond donors (Lipinski definition) is 1. The summed E-state index contributed by atoms with van der Waals surface area (Å²) in [6.07, 6.45) is 1.05. The van der Waals surface area contributed by atoms with Crippen molar-refractivity contribution in [2.75, 3.05) is 39.8 Å². The lowest BCUT2D eigenvalue weighted by atomic mass is 10.1. The molecule has 1 atom stereocenters. The normalized spacial score (nSPS) is 17.6. The summed E-state index contributed by atoms with van der Waals surface area (Å²) in [7, 11) is 1.59.